The van der Waals surface area contributed by atoms with Crippen molar-refractivity contribution in [3.63, 3.8) is 0 Å². The summed E-state index contributed by atoms with van der Waals surface area (Å²) in [7, 11) is 1.38. The van der Waals surface area contributed by atoms with Crippen molar-refractivity contribution in [2.45, 2.75) is 13.0 Å². The lowest BCUT2D eigenvalue weighted by Gasteiger charge is -2.07. The molecule has 0 rings (SSSR count). The van der Waals surface area contributed by atoms with Crippen molar-refractivity contribution in [1.82, 2.24) is 5.32 Å². The van der Waals surface area contributed by atoms with E-state index in [-0.39, 0.29) is 12.0 Å². The van der Waals surface area contributed by atoms with Crippen molar-refractivity contribution in [1.29, 1.82) is 0 Å². The maximum Gasteiger partial charge on any atom is 0.322 e. The average Bonchev–Trinajstić information content (AvgIpc) is 1.87. The zero-order valence-electron chi connectivity index (χ0n) is 5.48. The van der Waals surface area contributed by atoms with Gasteiger partial charge in [0.1, 0.15) is 6.04 Å². The molecule has 0 aliphatic carbocycles. The molecule has 0 saturated heterocycles. The Morgan fingerprint density at radius 1 is 1.89 bits per heavy atom. The molecule has 0 heterocycles. The Kier molecular flexibility index (Phi) is 5.07. The molecule has 0 aliphatic heterocycles. The Hall–Kier alpha value is 0.160. The third-order valence-corrected chi connectivity index (χ3v) is 1.38. The summed E-state index contributed by atoms with van der Waals surface area (Å²) in [5, 5.41) is 2.91. The van der Waals surface area contributed by atoms with E-state index in [1.165, 1.54) is 7.11 Å². The van der Waals surface area contributed by atoms with Gasteiger partial charge in [-0.2, -0.15) is 0 Å². The van der Waals surface area contributed by atoms with Crippen LogP contribution in [0.2, 0.25) is 0 Å². The summed E-state index contributed by atoms with van der Waals surface area (Å²) in [5.41, 5.74) is 0. The molecule has 0 bridgehead atoms. The molecular formula is C5H10INO2. The third kappa shape index (κ3) is 3.69. The van der Waals surface area contributed by atoms with Gasteiger partial charge in [0.2, 0.25) is 0 Å². The van der Waals surface area contributed by atoms with Gasteiger partial charge in [0.05, 0.1) is 7.11 Å². The standard InChI is InChI=1S/C5H10INO2/c1-4(7-3-6)5(8)9-2/h4,7H,3H2,1-2H3. The summed E-state index contributed by atoms with van der Waals surface area (Å²) in [6, 6.07) is -0.188. The number of halogens is 1. The zero-order chi connectivity index (χ0) is 7.28. The quantitative estimate of drug-likeness (QED) is 0.340. The van der Waals surface area contributed by atoms with Crippen LogP contribution in [0.5, 0.6) is 0 Å². The van der Waals surface area contributed by atoms with Crippen LogP contribution in [-0.4, -0.2) is 23.7 Å². The number of alkyl halides is 1. The monoisotopic (exact) mass is 243 g/mol. The molecule has 1 unspecified atom stereocenters. The molecule has 0 aromatic carbocycles. The van der Waals surface area contributed by atoms with E-state index in [1.807, 2.05) is 0 Å². The molecule has 0 amide bonds. The first-order valence-electron chi connectivity index (χ1n) is 2.59. The van der Waals surface area contributed by atoms with Crippen molar-refractivity contribution >= 4 is 28.6 Å². The van der Waals surface area contributed by atoms with Gasteiger partial charge in [-0.15, -0.1) is 0 Å². The molecule has 0 spiro atoms. The SMILES string of the molecule is COC(=O)C(C)NCI. The number of methoxy groups -OCH3 is 1. The molecular weight excluding hydrogens is 233 g/mol. The number of carbonyl (C=O) groups is 1. The number of esters is 1. The van der Waals surface area contributed by atoms with E-state index >= 15 is 0 Å². The van der Waals surface area contributed by atoms with Crippen LogP contribution in [0, 0.1) is 0 Å². The van der Waals surface area contributed by atoms with Crippen LogP contribution in [-0.2, 0) is 9.53 Å². The van der Waals surface area contributed by atoms with E-state index in [1.54, 1.807) is 6.92 Å². The summed E-state index contributed by atoms with van der Waals surface area (Å²) in [6.45, 7) is 1.77. The Balaban J connectivity index is 3.45. The first-order chi connectivity index (χ1) is 4.22. The van der Waals surface area contributed by atoms with Gasteiger partial charge in [0, 0.05) is 4.55 Å². The van der Waals surface area contributed by atoms with Crippen LogP contribution >= 0.6 is 22.6 Å². The predicted molar refractivity (Wildman–Crippen MR) is 43.5 cm³/mol. The third-order valence-electron chi connectivity index (χ3n) is 0.938. The number of ether oxygens (including phenoxy) is 1. The second-order valence-electron chi connectivity index (χ2n) is 1.58. The molecule has 3 nitrogen and oxygen atoms in total. The minimum absolute atomic E-state index is 0.188. The minimum atomic E-state index is -0.216. The second-order valence-corrected chi connectivity index (χ2v) is 2.35. The topological polar surface area (TPSA) is 38.3 Å². The van der Waals surface area contributed by atoms with Gasteiger partial charge in [0.15, 0.2) is 0 Å². The highest BCUT2D eigenvalue weighted by Crippen LogP contribution is 1.86. The molecule has 1 atom stereocenters. The summed E-state index contributed by atoms with van der Waals surface area (Å²) >= 11 is 2.13. The number of carbonyl (C=O) groups excluding carboxylic acids is 1. The van der Waals surface area contributed by atoms with Gasteiger partial charge in [-0.3, -0.25) is 10.1 Å². The molecule has 0 radical (unpaired) electrons. The first-order valence-corrected chi connectivity index (χ1v) is 4.12. The van der Waals surface area contributed by atoms with Gasteiger partial charge in [-0.1, -0.05) is 22.6 Å². The fourth-order valence-corrected chi connectivity index (χ4v) is 1.04. The Labute approximate surface area is 68.3 Å². The normalized spacial score (nSPS) is 12.8. The molecule has 9 heavy (non-hydrogen) atoms. The van der Waals surface area contributed by atoms with Gasteiger partial charge in [0.25, 0.3) is 0 Å². The highest BCUT2D eigenvalue weighted by atomic mass is 127. The van der Waals surface area contributed by atoms with Gasteiger partial charge >= 0.3 is 5.97 Å². The maximum absolute atomic E-state index is 10.6. The molecule has 0 aromatic rings. The van der Waals surface area contributed by atoms with Crippen molar-refractivity contribution in [2.24, 2.45) is 0 Å². The van der Waals surface area contributed by atoms with E-state index in [2.05, 4.69) is 32.6 Å². The number of nitrogens with one attached hydrogen (secondary N) is 1. The number of hydrogen-bond acceptors (Lipinski definition) is 3. The van der Waals surface area contributed by atoms with Crippen LogP contribution in [0.25, 0.3) is 0 Å². The zero-order valence-corrected chi connectivity index (χ0v) is 7.64. The van der Waals surface area contributed by atoms with Crippen LogP contribution in [0.4, 0.5) is 0 Å². The highest BCUT2D eigenvalue weighted by molar-refractivity contribution is 14.1. The lowest BCUT2D eigenvalue weighted by Crippen LogP contribution is -2.33. The lowest BCUT2D eigenvalue weighted by molar-refractivity contribution is -0.142. The summed E-state index contributed by atoms with van der Waals surface area (Å²) < 4.78 is 5.22. The van der Waals surface area contributed by atoms with Crippen LogP contribution in [0.3, 0.4) is 0 Å². The largest absolute Gasteiger partial charge is 0.468 e. The van der Waals surface area contributed by atoms with E-state index in [4.69, 9.17) is 0 Å². The smallest absolute Gasteiger partial charge is 0.322 e. The number of rotatable bonds is 3. The molecule has 0 aliphatic rings. The molecule has 1 N–H and O–H groups in total. The van der Waals surface area contributed by atoms with E-state index < -0.39 is 0 Å². The van der Waals surface area contributed by atoms with Crippen LogP contribution in [0.1, 0.15) is 6.92 Å². The van der Waals surface area contributed by atoms with E-state index in [9.17, 15) is 4.79 Å². The summed E-state index contributed by atoms with van der Waals surface area (Å²) in [6.07, 6.45) is 0. The molecule has 0 aromatic heterocycles. The maximum atomic E-state index is 10.6. The van der Waals surface area contributed by atoms with Crippen molar-refractivity contribution in [3.8, 4) is 0 Å². The van der Waals surface area contributed by atoms with Crippen LogP contribution < -0.4 is 5.32 Å². The Bertz CT molecular complexity index is 97.0. The lowest BCUT2D eigenvalue weighted by atomic mass is 10.4. The first kappa shape index (κ1) is 9.16. The van der Waals surface area contributed by atoms with E-state index in [0.717, 1.165) is 4.55 Å². The van der Waals surface area contributed by atoms with Crippen molar-refractivity contribution < 1.29 is 9.53 Å². The van der Waals surface area contributed by atoms with Crippen molar-refractivity contribution in [3.05, 3.63) is 0 Å². The fourth-order valence-electron chi connectivity index (χ4n) is 0.376. The van der Waals surface area contributed by atoms with E-state index in [0.29, 0.717) is 0 Å². The molecule has 4 heteroatoms. The van der Waals surface area contributed by atoms with Gasteiger partial charge in [-0.05, 0) is 6.92 Å². The average molecular weight is 243 g/mol. The molecule has 0 fully saturated rings. The van der Waals surface area contributed by atoms with Gasteiger partial charge in [-0.25, -0.2) is 0 Å². The summed E-state index contributed by atoms with van der Waals surface area (Å²) in [5.74, 6) is -0.216. The minimum Gasteiger partial charge on any atom is -0.468 e. The predicted octanol–water partition coefficient (Wildman–Crippen LogP) is 0.530. The van der Waals surface area contributed by atoms with Gasteiger partial charge < -0.3 is 4.74 Å². The summed E-state index contributed by atoms with van der Waals surface area (Å²) in [4.78, 5) is 10.6. The van der Waals surface area contributed by atoms with Crippen LogP contribution in [0.15, 0.2) is 0 Å². The van der Waals surface area contributed by atoms with Crippen molar-refractivity contribution in [2.75, 3.05) is 11.7 Å². The number of hydrogen-bond donors (Lipinski definition) is 1. The fraction of sp³-hybridized carbons (Fsp3) is 0.800. The molecule has 54 valence electrons. The Morgan fingerprint density at radius 3 is 2.78 bits per heavy atom. The highest BCUT2D eigenvalue weighted by Gasteiger charge is 2.09. The Morgan fingerprint density at radius 2 is 2.44 bits per heavy atom. The second kappa shape index (κ2) is 4.99. The molecule has 0 saturated carbocycles.